The molecule has 3 heterocycles. The predicted molar refractivity (Wildman–Crippen MR) is 198 cm³/mol. The third-order valence-electron chi connectivity index (χ3n) is 11.8. The van der Waals surface area contributed by atoms with Crippen molar-refractivity contribution in [2.24, 2.45) is 29.1 Å². The average Bonchev–Trinajstić information content (AvgIpc) is 3.98. The van der Waals surface area contributed by atoms with E-state index in [1.165, 1.54) is 30.3 Å². The van der Waals surface area contributed by atoms with Crippen LogP contribution in [0.25, 0.3) is 10.8 Å². The van der Waals surface area contributed by atoms with Crippen LogP contribution in [0.2, 0.25) is 0 Å². The minimum Gasteiger partial charge on any atom is -0.496 e. The molecule has 54 heavy (non-hydrogen) atoms. The third kappa shape index (κ3) is 8.13. The van der Waals surface area contributed by atoms with Gasteiger partial charge in [-0.2, -0.15) is 0 Å². The Labute approximate surface area is 316 Å². The minimum atomic E-state index is -3.97. The Balaban J connectivity index is 1.36. The van der Waals surface area contributed by atoms with E-state index in [2.05, 4.69) is 16.6 Å². The number of carbonyl (C=O) groups excluding carboxylic acids is 4. The summed E-state index contributed by atoms with van der Waals surface area (Å²) in [5, 5.41) is 0.911. The Morgan fingerprint density at radius 1 is 1.13 bits per heavy atom. The molecule has 1 saturated heterocycles. The average molecular weight is 770 g/mol. The van der Waals surface area contributed by atoms with Gasteiger partial charge in [-0.05, 0) is 89.2 Å². The number of ether oxygens (including phenoxy) is 3. The Morgan fingerprint density at radius 2 is 1.87 bits per heavy atom. The monoisotopic (exact) mass is 769 g/mol. The van der Waals surface area contributed by atoms with E-state index in [9.17, 15) is 32.0 Å². The smallest absolute Gasteiger partial charge is 0.306 e. The first kappa shape index (κ1) is 39.6. The van der Waals surface area contributed by atoms with Crippen LogP contribution in [0.3, 0.4) is 0 Å². The molecule has 3 fully saturated rings. The van der Waals surface area contributed by atoms with Gasteiger partial charge in [0.1, 0.15) is 17.7 Å². The fourth-order valence-electron chi connectivity index (χ4n) is 8.19. The van der Waals surface area contributed by atoms with E-state index < -0.39 is 67.6 Å². The van der Waals surface area contributed by atoms with Crippen molar-refractivity contribution in [2.45, 2.75) is 115 Å². The molecule has 2 aliphatic carbocycles. The molecule has 1 aromatic carbocycles. The molecule has 1 N–H and O–H groups in total. The summed E-state index contributed by atoms with van der Waals surface area (Å²) >= 11 is 0. The topological polar surface area (TPSA) is 158 Å². The lowest BCUT2D eigenvalue weighted by Gasteiger charge is -2.32. The van der Waals surface area contributed by atoms with Crippen molar-refractivity contribution in [3.05, 3.63) is 42.4 Å². The second-order valence-corrected chi connectivity index (χ2v) is 18.7. The highest BCUT2D eigenvalue weighted by Gasteiger charge is 2.62. The highest BCUT2D eigenvalue weighted by Crippen LogP contribution is 2.57. The molecule has 294 valence electrons. The number of esters is 1. The van der Waals surface area contributed by atoms with Gasteiger partial charge < -0.3 is 19.1 Å². The number of aromatic nitrogens is 1. The van der Waals surface area contributed by atoms with Gasteiger partial charge >= 0.3 is 5.97 Å². The van der Waals surface area contributed by atoms with Crippen LogP contribution in [0.5, 0.6) is 11.6 Å². The quantitative estimate of drug-likeness (QED) is 0.249. The summed E-state index contributed by atoms with van der Waals surface area (Å²) in [7, 11) is -2.54. The number of carbonyl (C=O) groups is 4. The first-order valence-electron chi connectivity index (χ1n) is 19.0. The molecule has 0 bridgehead atoms. The molecule has 14 heteroatoms. The molecular weight excluding hydrogens is 718 g/mol. The summed E-state index contributed by atoms with van der Waals surface area (Å²) < 4.78 is 59.6. The van der Waals surface area contributed by atoms with E-state index in [1.807, 2.05) is 19.1 Å². The van der Waals surface area contributed by atoms with Gasteiger partial charge in [-0.3, -0.25) is 23.9 Å². The molecule has 0 unspecified atom stereocenters. The van der Waals surface area contributed by atoms with Gasteiger partial charge in [0.15, 0.2) is 5.78 Å². The molecule has 6 rings (SSSR count). The van der Waals surface area contributed by atoms with Crippen LogP contribution in [0.4, 0.5) is 4.39 Å². The number of halogens is 1. The van der Waals surface area contributed by atoms with E-state index in [1.54, 1.807) is 26.8 Å². The number of allylic oxidation sites excluding steroid dienone is 2. The number of nitrogens with one attached hydrogen (secondary N) is 1. The first-order chi connectivity index (χ1) is 25.5. The number of hydrogen-bond acceptors (Lipinski definition) is 10. The van der Waals surface area contributed by atoms with E-state index in [0.29, 0.717) is 36.5 Å². The van der Waals surface area contributed by atoms with Crippen LogP contribution in [0, 0.1) is 34.9 Å². The number of ketones is 1. The molecule has 2 aromatic rings. The van der Waals surface area contributed by atoms with Gasteiger partial charge in [0.05, 0.1) is 53.7 Å². The molecule has 12 nitrogen and oxygen atoms in total. The number of amides is 2. The maximum Gasteiger partial charge on any atom is 0.306 e. The van der Waals surface area contributed by atoms with Gasteiger partial charge in [-0.25, -0.2) is 17.8 Å². The van der Waals surface area contributed by atoms with Crippen molar-refractivity contribution in [3.63, 3.8) is 0 Å². The summed E-state index contributed by atoms with van der Waals surface area (Å²) in [6.45, 7) is 9.07. The predicted octanol–water partition coefficient (Wildman–Crippen LogP) is 5.67. The van der Waals surface area contributed by atoms with Crippen molar-refractivity contribution in [3.8, 4) is 11.6 Å². The van der Waals surface area contributed by atoms with E-state index in [-0.39, 0.29) is 67.7 Å². The van der Waals surface area contributed by atoms with Crippen LogP contribution >= 0.6 is 0 Å². The fourth-order valence-corrected chi connectivity index (χ4v) is 9.52. The van der Waals surface area contributed by atoms with Crippen LogP contribution < -0.4 is 14.2 Å². The summed E-state index contributed by atoms with van der Waals surface area (Å²) in [4.78, 5) is 62.2. The van der Waals surface area contributed by atoms with Crippen molar-refractivity contribution < 1.29 is 46.2 Å². The second kappa shape index (κ2) is 15.2. The first-order valence-corrected chi connectivity index (χ1v) is 20.5. The van der Waals surface area contributed by atoms with Gasteiger partial charge in [0.25, 0.3) is 0 Å². The fraction of sp³-hybridized carbons (Fsp3) is 0.625. The number of hydrogen-bond donors (Lipinski definition) is 1. The number of nitrogens with zero attached hydrogens (tertiary/aromatic N) is 2. The van der Waals surface area contributed by atoms with Crippen molar-refractivity contribution in [1.82, 2.24) is 14.6 Å². The zero-order valence-corrected chi connectivity index (χ0v) is 32.7. The van der Waals surface area contributed by atoms with Crippen molar-refractivity contribution in [2.75, 3.05) is 13.7 Å². The largest absolute Gasteiger partial charge is 0.496 e. The number of rotatable bonds is 9. The molecule has 2 saturated carbocycles. The lowest BCUT2D eigenvalue weighted by Crippen LogP contribution is -2.48. The molecule has 0 spiro atoms. The molecule has 1 aromatic heterocycles. The summed E-state index contributed by atoms with van der Waals surface area (Å²) in [5.74, 6) is -3.44. The van der Waals surface area contributed by atoms with E-state index >= 15 is 0 Å². The molecule has 7 atom stereocenters. The summed E-state index contributed by atoms with van der Waals surface area (Å²) in [6, 6.07) is 3.16. The molecular formula is C40H52FN3O9S. The number of Topliss-reactive ketones (excluding diaryl/α,β-unsaturated/α-hetero) is 1. The molecule has 4 aliphatic rings. The van der Waals surface area contributed by atoms with Gasteiger partial charge in [-0.1, -0.05) is 26.0 Å². The summed E-state index contributed by atoms with van der Waals surface area (Å²) in [6.07, 6.45) is 7.15. The lowest BCUT2D eigenvalue weighted by molar-refractivity contribution is -0.154. The number of benzene rings is 1. The second-order valence-electron chi connectivity index (χ2n) is 16.5. The maximum absolute atomic E-state index is 14.8. The van der Waals surface area contributed by atoms with Gasteiger partial charge in [-0.15, -0.1) is 0 Å². The number of pyridine rings is 1. The van der Waals surface area contributed by atoms with Crippen LogP contribution in [-0.2, 0) is 33.9 Å². The van der Waals surface area contributed by atoms with Crippen LogP contribution in [0.15, 0.2) is 36.5 Å². The van der Waals surface area contributed by atoms with E-state index in [0.717, 1.165) is 6.42 Å². The van der Waals surface area contributed by atoms with Crippen LogP contribution in [0.1, 0.15) is 92.4 Å². The Kier molecular flexibility index (Phi) is 11.2. The normalized spacial score (nSPS) is 30.4. The Morgan fingerprint density at radius 3 is 2.56 bits per heavy atom. The van der Waals surface area contributed by atoms with Gasteiger partial charge in [0, 0.05) is 30.5 Å². The molecule has 0 radical (unpaired) electrons. The zero-order chi connectivity index (χ0) is 39.2. The van der Waals surface area contributed by atoms with Crippen LogP contribution in [-0.4, -0.2) is 78.5 Å². The van der Waals surface area contributed by atoms with Gasteiger partial charge in [0.2, 0.25) is 27.7 Å². The highest BCUT2D eigenvalue weighted by atomic mass is 32.2. The maximum atomic E-state index is 14.8. The van der Waals surface area contributed by atoms with Crippen molar-refractivity contribution in [1.29, 1.82) is 0 Å². The minimum absolute atomic E-state index is 0.0347. The number of methoxy groups -OCH3 is 1. The number of sulfonamides is 1. The lowest BCUT2D eigenvalue weighted by atomic mass is 9.82. The SMILES string of the molecule is COc1cc(F)cc2c(O[C@@H]3C[C@H]4C(=O)C[C@]5(C(=O)NS(=O)(=O)C6(C)CC6)C[C@H]5/C=C\CC[C@H](C)C[C@@H](C)[C@H](CC(=O)OC(C)C)C(=O)N4C3)nccc12. The summed E-state index contributed by atoms with van der Waals surface area (Å²) in [5.41, 5.74) is -1.30. The number of fused-ring (bicyclic) bond motifs is 3. The standard InChI is InChI=1S/C40H52FN3O9S/c1-23(2)52-35(46)19-30-25(4)15-24(3)9-7-8-10-26-20-40(26,38(48)43-54(49,50)39(5)12-13-39)21-33(45)32-18-28(22-44(32)37(30)47)53-36-31-16-27(41)17-34(51-6)29(31)11-14-42-36/h8,10-11,14,16-17,23-26,28,30,32H,7,9,12-13,15,18-22H2,1-6H3,(H,43,48)/b10-8-/t24-,25+,26+,28+,30-,32-,40+/m0/s1. The van der Waals surface area contributed by atoms with Crippen molar-refractivity contribution >= 4 is 44.4 Å². The Bertz CT molecular complexity index is 1950. The highest BCUT2D eigenvalue weighted by molar-refractivity contribution is 7.91. The van der Waals surface area contributed by atoms with E-state index in [4.69, 9.17) is 14.2 Å². The zero-order valence-electron chi connectivity index (χ0n) is 31.9. The third-order valence-corrected chi connectivity index (χ3v) is 14.0. The molecule has 2 aliphatic heterocycles. The Hall–Kier alpha value is -4.07. The molecule has 2 amide bonds.